The number of H-pyrrole nitrogens is 1. The summed E-state index contributed by atoms with van der Waals surface area (Å²) in [5.74, 6) is 0.541. The highest BCUT2D eigenvalue weighted by Gasteiger charge is 2.11. The zero-order valence-corrected chi connectivity index (χ0v) is 19.4. The van der Waals surface area contributed by atoms with E-state index in [0.29, 0.717) is 46.0 Å². The minimum Gasteiger partial charge on any atom is -0.495 e. The van der Waals surface area contributed by atoms with E-state index in [1.165, 1.54) is 0 Å². The molecular weight excluding hydrogens is 459 g/mol. The number of hydrogen-bond acceptors (Lipinski definition) is 3. The van der Waals surface area contributed by atoms with Gasteiger partial charge in [-0.25, -0.2) is 0 Å². The first kappa shape index (κ1) is 22.7. The van der Waals surface area contributed by atoms with Crippen LogP contribution in [-0.4, -0.2) is 30.5 Å². The Morgan fingerprint density at radius 1 is 1.06 bits per heavy atom. The number of amides is 1. The number of aliphatic imine (C=N–C) groups is 1. The maximum atomic E-state index is 12.8. The summed E-state index contributed by atoms with van der Waals surface area (Å²) in [5.41, 5.74) is 3.33. The maximum absolute atomic E-state index is 12.8. The summed E-state index contributed by atoms with van der Waals surface area (Å²) in [4.78, 5) is 20.7. The van der Waals surface area contributed by atoms with Crippen molar-refractivity contribution in [2.75, 3.05) is 19.0 Å². The minimum absolute atomic E-state index is 0.307. The Hall–Kier alpha value is -3.48. The summed E-state index contributed by atoms with van der Waals surface area (Å²) < 4.78 is 5.20. The number of carbonyl (C=O) groups is 1. The lowest BCUT2D eigenvalue weighted by molar-refractivity contribution is 0.0977. The van der Waals surface area contributed by atoms with Crippen LogP contribution in [0.4, 0.5) is 5.69 Å². The third-order valence-corrected chi connectivity index (χ3v) is 5.59. The summed E-state index contributed by atoms with van der Waals surface area (Å²) in [5, 5.41) is 8.06. The number of aromatic amines is 1. The molecule has 1 amide bonds. The molecule has 3 N–H and O–H groups in total. The standard InChI is InChI=1S/C25H22Cl2N4O2/c1-33-23-10-9-19(14-21(23)27)30-25(31-24(32)16-5-4-6-18(26)13-16)28-12-11-17-15-29-22-8-3-2-7-20(17)22/h2-10,13-15,29H,11-12H2,1H3,(H2,28,30,31,32). The zero-order chi connectivity index (χ0) is 23.2. The molecule has 0 aliphatic carbocycles. The number of hydrogen-bond donors (Lipinski definition) is 3. The number of aromatic nitrogens is 1. The molecule has 0 radical (unpaired) electrons. The predicted octanol–water partition coefficient (Wildman–Crippen LogP) is 5.92. The van der Waals surface area contributed by atoms with Gasteiger partial charge in [-0.05, 0) is 54.4 Å². The number of nitrogens with one attached hydrogen (secondary N) is 3. The number of benzene rings is 3. The van der Waals surface area contributed by atoms with E-state index < -0.39 is 0 Å². The van der Waals surface area contributed by atoms with Crippen molar-refractivity contribution in [1.82, 2.24) is 10.3 Å². The summed E-state index contributed by atoms with van der Waals surface area (Å²) in [6.07, 6.45) is 2.69. The smallest absolute Gasteiger partial charge is 0.258 e. The number of anilines is 1. The number of guanidine groups is 1. The van der Waals surface area contributed by atoms with Crippen molar-refractivity contribution in [3.8, 4) is 5.75 Å². The average Bonchev–Trinajstić information content (AvgIpc) is 3.22. The number of para-hydroxylation sites is 1. The van der Waals surface area contributed by atoms with Gasteiger partial charge in [0.2, 0.25) is 5.96 Å². The summed E-state index contributed by atoms with van der Waals surface area (Å²) in [6, 6.07) is 20.1. The average molecular weight is 481 g/mol. The van der Waals surface area contributed by atoms with Crippen LogP contribution in [0.15, 0.2) is 77.9 Å². The predicted molar refractivity (Wildman–Crippen MR) is 135 cm³/mol. The summed E-state index contributed by atoms with van der Waals surface area (Å²) >= 11 is 12.3. The Morgan fingerprint density at radius 3 is 2.70 bits per heavy atom. The summed E-state index contributed by atoms with van der Waals surface area (Å²) in [6.45, 7) is 0.462. The van der Waals surface area contributed by atoms with Gasteiger partial charge in [-0.3, -0.25) is 15.1 Å². The SMILES string of the molecule is COc1ccc(NC(=NCCc2c[nH]c3ccccc23)NC(=O)c2cccc(Cl)c2)cc1Cl. The number of carbonyl (C=O) groups excluding carboxylic acids is 1. The molecule has 0 atom stereocenters. The molecule has 3 aromatic carbocycles. The molecule has 0 bridgehead atoms. The molecule has 33 heavy (non-hydrogen) atoms. The molecule has 6 nitrogen and oxygen atoms in total. The Balaban J connectivity index is 1.54. The fraction of sp³-hybridized carbons (Fsp3) is 0.120. The van der Waals surface area contributed by atoms with Crippen LogP contribution in [0.5, 0.6) is 5.75 Å². The van der Waals surface area contributed by atoms with Crippen molar-refractivity contribution in [2.45, 2.75) is 6.42 Å². The second kappa shape index (κ2) is 10.4. The first-order valence-electron chi connectivity index (χ1n) is 10.3. The first-order chi connectivity index (χ1) is 16.0. The van der Waals surface area contributed by atoms with Crippen LogP contribution in [0.2, 0.25) is 10.0 Å². The Bertz CT molecular complexity index is 1320. The highest BCUT2D eigenvalue weighted by molar-refractivity contribution is 6.32. The highest BCUT2D eigenvalue weighted by atomic mass is 35.5. The number of methoxy groups -OCH3 is 1. The number of nitrogens with zero attached hydrogens (tertiary/aromatic N) is 1. The molecule has 8 heteroatoms. The molecule has 0 fully saturated rings. The quantitative estimate of drug-likeness (QED) is 0.236. The van der Waals surface area contributed by atoms with E-state index in [4.69, 9.17) is 27.9 Å². The van der Waals surface area contributed by atoms with Crippen LogP contribution >= 0.6 is 23.2 Å². The van der Waals surface area contributed by atoms with E-state index in [9.17, 15) is 4.79 Å². The molecule has 0 saturated heterocycles. The molecule has 0 unspecified atom stereocenters. The largest absolute Gasteiger partial charge is 0.495 e. The van der Waals surface area contributed by atoms with Crippen molar-refractivity contribution in [3.05, 3.63) is 94.1 Å². The van der Waals surface area contributed by atoms with E-state index in [1.807, 2.05) is 24.4 Å². The number of rotatable bonds is 6. The number of ether oxygens (including phenoxy) is 1. The van der Waals surface area contributed by atoms with Gasteiger partial charge in [-0.15, -0.1) is 0 Å². The summed E-state index contributed by atoms with van der Waals surface area (Å²) in [7, 11) is 1.55. The molecule has 0 aliphatic heterocycles. The van der Waals surface area contributed by atoms with Crippen molar-refractivity contribution < 1.29 is 9.53 Å². The molecular formula is C25H22Cl2N4O2. The Morgan fingerprint density at radius 2 is 1.91 bits per heavy atom. The molecule has 4 aromatic rings. The molecule has 1 heterocycles. The fourth-order valence-electron chi connectivity index (χ4n) is 3.43. The Kier molecular flexibility index (Phi) is 7.17. The topological polar surface area (TPSA) is 78.5 Å². The van der Waals surface area contributed by atoms with E-state index >= 15 is 0 Å². The van der Waals surface area contributed by atoms with Crippen molar-refractivity contribution in [3.63, 3.8) is 0 Å². The molecule has 1 aromatic heterocycles. The van der Waals surface area contributed by atoms with Crippen molar-refractivity contribution >= 4 is 51.7 Å². The molecule has 168 valence electrons. The minimum atomic E-state index is -0.324. The Labute approximate surface area is 201 Å². The van der Waals surface area contributed by atoms with Gasteiger partial charge in [0, 0.05) is 39.9 Å². The third-order valence-electron chi connectivity index (χ3n) is 5.06. The van der Waals surface area contributed by atoms with Crippen molar-refractivity contribution in [1.29, 1.82) is 0 Å². The van der Waals surface area contributed by atoms with Gasteiger partial charge < -0.3 is 15.0 Å². The monoisotopic (exact) mass is 480 g/mol. The normalized spacial score (nSPS) is 11.4. The second-order valence-electron chi connectivity index (χ2n) is 7.28. The van der Waals surface area contributed by atoms with Gasteiger partial charge in [0.25, 0.3) is 5.91 Å². The van der Waals surface area contributed by atoms with Gasteiger partial charge in [0.1, 0.15) is 5.75 Å². The van der Waals surface area contributed by atoms with Crippen LogP contribution in [0.3, 0.4) is 0 Å². The number of fused-ring (bicyclic) bond motifs is 1. The fourth-order valence-corrected chi connectivity index (χ4v) is 3.88. The van der Waals surface area contributed by atoms with E-state index in [1.54, 1.807) is 49.6 Å². The van der Waals surface area contributed by atoms with Crippen LogP contribution in [0, 0.1) is 0 Å². The molecule has 4 rings (SSSR count). The second-order valence-corrected chi connectivity index (χ2v) is 8.12. The van der Waals surface area contributed by atoms with E-state index in [-0.39, 0.29) is 5.91 Å². The van der Waals surface area contributed by atoms with Gasteiger partial charge in [-0.1, -0.05) is 47.5 Å². The van der Waals surface area contributed by atoms with E-state index in [0.717, 1.165) is 16.5 Å². The third kappa shape index (κ3) is 5.66. The molecule has 0 spiro atoms. The molecule has 0 aliphatic rings. The van der Waals surface area contributed by atoms with Crippen LogP contribution in [0.25, 0.3) is 10.9 Å². The first-order valence-corrected chi connectivity index (χ1v) is 11.1. The van der Waals surface area contributed by atoms with Crippen LogP contribution < -0.4 is 15.4 Å². The lowest BCUT2D eigenvalue weighted by Crippen LogP contribution is -2.36. The van der Waals surface area contributed by atoms with Crippen LogP contribution in [-0.2, 0) is 6.42 Å². The van der Waals surface area contributed by atoms with Gasteiger partial charge in [0.15, 0.2) is 0 Å². The highest BCUT2D eigenvalue weighted by Crippen LogP contribution is 2.27. The van der Waals surface area contributed by atoms with Crippen molar-refractivity contribution in [2.24, 2.45) is 4.99 Å². The van der Waals surface area contributed by atoms with Gasteiger partial charge >= 0.3 is 0 Å². The lowest BCUT2D eigenvalue weighted by Gasteiger charge is -2.13. The maximum Gasteiger partial charge on any atom is 0.258 e. The van der Waals surface area contributed by atoms with Gasteiger partial charge in [-0.2, -0.15) is 0 Å². The van der Waals surface area contributed by atoms with Crippen LogP contribution in [0.1, 0.15) is 15.9 Å². The van der Waals surface area contributed by atoms with E-state index in [2.05, 4.69) is 26.7 Å². The molecule has 0 saturated carbocycles. The number of halogens is 2. The van der Waals surface area contributed by atoms with Gasteiger partial charge in [0.05, 0.1) is 12.1 Å². The lowest BCUT2D eigenvalue weighted by atomic mass is 10.1. The zero-order valence-electron chi connectivity index (χ0n) is 17.9.